The Labute approximate surface area is 166 Å². The molecule has 146 valence electrons. The number of fused-ring (bicyclic) bond motifs is 2. The predicted molar refractivity (Wildman–Crippen MR) is 104 cm³/mol. The summed E-state index contributed by atoms with van der Waals surface area (Å²) in [5.41, 5.74) is 5.20. The van der Waals surface area contributed by atoms with Gasteiger partial charge in [0.2, 0.25) is 13.6 Å². The van der Waals surface area contributed by atoms with Crippen LogP contribution in [-0.4, -0.2) is 19.6 Å². The van der Waals surface area contributed by atoms with Gasteiger partial charge in [-0.2, -0.15) is 0 Å². The van der Waals surface area contributed by atoms with Crippen LogP contribution in [0, 0.1) is 0 Å². The first kappa shape index (κ1) is 16.4. The van der Waals surface area contributed by atoms with E-state index in [1.807, 2.05) is 36.4 Å². The summed E-state index contributed by atoms with van der Waals surface area (Å²) >= 11 is 0. The topological polar surface area (TPSA) is 78.1 Å². The van der Waals surface area contributed by atoms with Crippen molar-refractivity contribution in [1.82, 2.24) is 10.6 Å². The van der Waals surface area contributed by atoms with Crippen LogP contribution in [0.2, 0.25) is 0 Å². The predicted octanol–water partition coefficient (Wildman–Crippen LogP) is 3.63. The Bertz CT molecular complexity index is 1100. The van der Waals surface area contributed by atoms with Crippen molar-refractivity contribution in [3.05, 3.63) is 64.4 Å². The summed E-state index contributed by atoms with van der Waals surface area (Å²) in [5, 5.41) is 6.05. The van der Waals surface area contributed by atoms with Crippen molar-refractivity contribution in [2.45, 2.75) is 18.9 Å². The second-order valence-corrected chi connectivity index (χ2v) is 7.33. The van der Waals surface area contributed by atoms with E-state index in [1.54, 1.807) is 0 Å². The fourth-order valence-electron chi connectivity index (χ4n) is 4.27. The minimum Gasteiger partial charge on any atom is -0.454 e. The highest BCUT2D eigenvalue weighted by molar-refractivity contribution is 5.82. The summed E-state index contributed by atoms with van der Waals surface area (Å²) in [5.74, 6) is 2.96. The molecule has 7 heteroatoms. The molecule has 1 unspecified atom stereocenters. The van der Waals surface area contributed by atoms with E-state index in [0.29, 0.717) is 5.75 Å². The van der Waals surface area contributed by atoms with Gasteiger partial charge in [0.1, 0.15) is 0 Å². The summed E-state index contributed by atoms with van der Waals surface area (Å²) in [7, 11) is 0. The first-order valence-electron chi connectivity index (χ1n) is 9.55. The van der Waals surface area contributed by atoms with Gasteiger partial charge < -0.3 is 29.6 Å². The molecule has 2 aromatic rings. The molecule has 4 aliphatic rings. The molecule has 3 heterocycles. The van der Waals surface area contributed by atoms with Gasteiger partial charge in [-0.3, -0.25) is 0 Å². The molecular formula is C22H18N2O5. The minimum atomic E-state index is -0.204. The van der Waals surface area contributed by atoms with E-state index in [-0.39, 0.29) is 25.7 Å². The Morgan fingerprint density at radius 3 is 2.41 bits per heavy atom. The normalized spacial score (nSPS) is 22.6. The lowest BCUT2D eigenvalue weighted by molar-refractivity contribution is 0.173. The number of urea groups is 1. The van der Waals surface area contributed by atoms with Gasteiger partial charge in [0, 0.05) is 5.70 Å². The standard InChI is InChI=1S/C22H18N2O5/c25-22-23-20-13(7-12-1-5-16-18(8-12)28-10-26-16)2-4-15(20)21(24-22)14-3-6-17-19(9-14)29-11-27-17/h1,3,5-9,21H,2,4,10-11H2,(H2,23,24,25)/b13-7+. The molecule has 0 saturated heterocycles. The Morgan fingerprint density at radius 1 is 0.862 bits per heavy atom. The number of allylic oxidation sites excluding steroid dienone is 1. The van der Waals surface area contributed by atoms with Gasteiger partial charge in [-0.1, -0.05) is 12.1 Å². The number of benzene rings is 2. The van der Waals surface area contributed by atoms with Gasteiger partial charge >= 0.3 is 6.03 Å². The van der Waals surface area contributed by atoms with Crippen molar-refractivity contribution in [2.24, 2.45) is 0 Å². The quantitative estimate of drug-likeness (QED) is 0.819. The molecule has 0 saturated carbocycles. The molecule has 0 fully saturated rings. The summed E-state index contributed by atoms with van der Waals surface area (Å²) in [6.45, 7) is 0.483. The zero-order chi connectivity index (χ0) is 19.4. The molecule has 0 bridgehead atoms. The van der Waals surface area contributed by atoms with Crippen LogP contribution in [0.5, 0.6) is 23.0 Å². The lowest BCUT2D eigenvalue weighted by Crippen LogP contribution is -2.43. The molecule has 3 aliphatic heterocycles. The van der Waals surface area contributed by atoms with E-state index in [2.05, 4.69) is 16.7 Å². The summed E-state index contributed by atoms with van der Waals surface area (Å²) in [6.07, 6.45) is 3.84. The van der Waals surface area contributed by atoms with Crippen molar-refractivity contribution < 1.29 is 23.7 Å². The van der Waals surface area contributed by atoms with Crippen molar-refractivity contribution in [3.63, 3.8) is 0 Å². The number of hydrogen-bond donors (Lipinski definition) is 2. The van der Waals surface area contributed by atoms with Crippen LogP contribution >= 0.6 is 0 Å². The van der Waals surface area contributed by atoms with Crippen molar-refractivity contribution in [3.8, 4) is 23.0 Å². The fraction of sp³-hybridized carbons (Fsp3) is 0.227. The van der Waals surface area contributed by atoms with E-state index < -0.39 is 0 Å². The Hall–Kier alpha value is -3.61. The number of hydrogen-bond acceptors (Lipinski definition) is 5. The molecule has 1 atom stereocenters. The van der Waals surface area contributed by atoms with Crippen LogP contribution in [0.25, 0.3) is 6.08 Å². The van der Waals surface area contributed by atoms with E-state index >= 15 is 0 Å². The van der Waals surface area contributed by atoms with Crippen LogP contribution in [-0.2, 0) is 0 Å². The van der Waals surface area contributed by atoms with Crippen LogP contribution in [0.4, 0.5) is 4.79 Å². The lowest BCUT2D eigenvalue weighted by Gasteiger charge is -2.27. The molecule has 2 N–H and O–H groups in total. The van der Waals surface area contributed by atoms with Crippen LogP contribution in [0.1, 0.15) is 30.0 Å². The van der Waals surface area contributed by atoms with Crippen LogP contribution < -0.4 is 29.6 Å². The average Bonchev–Trinajstić information content (AvgIpc) is 3.46. The molecule has 1 aliphatic carbocycles. The van der Waals surface area contributed by atoms with Gasteiger partial charge in [0.25, 0.3) is 0 Å². The second-order valence-electron chi connectivity index (χ2n) is 7.33. The first-order valence-corrected chi connectivity index (χ1v) is 9.55. The Balaban J connectivity index is 1.37. The summed E-state index contributed by atoms with van der Waals surface area (Å²) < 4.78 is 21.8. The number of ether oxygens (including phenoxy) is 4. The maximum Gasteiger partial charge on any atom is 0.319 e. The molecular weight excluding hydrogens is 372 g/mol. The number of carbonyl (C=O) groups is 1. The number of nitrogens with one attached hydrogen (secondary N) is 2. The average molecular weight is 390 g/mol. The van der Waals surface area contributed by atoms with Crippen molar-refractivity contribution >= 4 is 12.1 Å². The highest BCUT2D eigenvalue weighted by Crippen LogP contribution is 2.43. The largest absolute Gasteiger partial charge is 0.454 e. The first-order chi connectivity index (χ1) is 14.2. The molecule has 0 radical (unpaired) electrons. The zero-order valence-corrected chi connectivity index (χ0v) is 15.5. The van der Waals surface area contributed by atoms with E-state index in [4.69, 9.17) is 18.9 Å². The number of carbonyl (C=O) groups excluding carboxylic acids is 1. The fourth-order valence-corrected chi connectivity index (χ4v) is 4.27. The van der Waals surface area contributed by atoms with E-state index in [9.17, 15) is 4.79 Å². The van der Waals surface area contributed by atoms with Gasteiger partial charge in [0.05, 0.1) is 6.04 Å². The third-order valence-corrected chi connectivity index (χ3v) is 5.64. The van der Waals surface area contributed by atoms with Crippen LogP contribution in [0.3, 0.4) is 0 Å². The smallest absolute Gasteiger partial charge is 0.319 e. The molecule has 29 heavy (non-hydrogen) atoms. The molecule has 7 nitrogen and oxygen atoms in total. The maximum absolute atomic E-state index is 12.4. The number of rotatable bonds is 2. The van der Waals surface area contributed by atoms with Crippen LogP contribution in [0.15, 0.2) is 53.2 Å². The Morgan fingerprint density at radius 2 is 1.59 bits per heavy atom. The lowest BCUT2D eigenvalue weighted by atomic mass is 9.95. The van der Waals surface area contributed by atoms with Gasteiger partial charge in [-0.25, -0.2) is 4.79 Å². The summed E-state index contributed by atoms with van der Waals surface area (Å²) in [6, 6.07) is 11.3. The second kappa shape index (κ2) is 6.20. The third-order valence-electron chi connectivity index (χ3n) is 5.64. The summed E-state index contributed by atoms with van der Waals surface area (Å²) in [4.78, 5) is 12.4. The highest BCUT2D eigenvalue weighted by Gasteiger charge is 2.34. The van der Waals surface area contributed by atoms with Gasteiger partial charge in [0.15, 0.2) is 23.0 Å². The molecule has 0 aromatic heterocycles. The minimum absolute atomic E-state index is 0.184. The molecule has 2 aromatic carbocycles. The monoisotopic (exact) mass is 390 g/mol. The Kier molecular flexibility index (Phi) is 3.50. The van der Waals surface area contributed by atoms with Crippen molar-refractivity contribution in [2.75, 3.05) is 13.6 Å². The third kappa shape index (κ3) is 2.69. The molecule has 2 amide bonds. The zero-order valence-electron chi connectivity index (χ0n) is 15.5. The number of amides is 2. The maximum atomic E-state index is 12.4. The SMILES string of the molecule is O=C1NC2=C(CC/C2=C\c2ccc3c(c2)OCO3)C(c2ccc3c(c2)OCO3)N1. The van der Waals surface area contributed by atoms with Crippen molar-refractivity contribution in [1.29, 1.82) is 0 Å². The van der Waals surface area contributed by atoms with E-state index in [1.165, 1.54) is 5.57 Å². The molecule has 6 rings (SSSR count). The van der Waals surface area contributed by atoms with Gasteiger partial charge in [-0.15, -0.1) is 0 Å². The van der Waals surface area contributed by atoms with Gasteiger partial charge in [-0.05, 0) is 65.5 Å². The highest BCUT2D eigenvalue weighted by atomic mass is 16.7. The van der Waals surface area contributed by atoms with E-state index in [0.717, 1.165) is 52.5 Å². The molecule has 0 spiro atoms.